The first-order valence-corrected chi connectivity index (χ1v) is 8.02. The van der Waals surface area contributed by atoms with Crippen molar-refractivity contribution >= 4 is 117 Å². The monoisotopic (exact) mass is 590 g/mol. The molecule has 0 atom stereocenters. The van der Waals surface area contributed by atoms with Crippen LogP contribution in [-0.2, 0) is 111 Å². The summed E-state index contributed by atoms with van der Waals surface area (Å²) in [6.45, 7) is 0. The summed E-state index contributed by atoms with van der Waals surface area (Å²) in [5.74, 6) is 0. The summed E-state index contributed by atoms with van der Waals surface area (Å²) in [6.07, 6.45) is 0. The van der Waals surface area contributed by atoms with E-state index in [9.17, 15) is 0 Å². The molecule has 8 nitrogen and oxygen atoms in total. The van der Waals surface area contributed by atoms with Gasteiger partial charge in [0.05, 0.1) is 46.0 Å². The van der Waals surface area contributed by atoms with E-state index in [2.05, 4.69) is 138 Å². The molecule has 0 radical (unpaired) electrons. The fourth-order valence-corrected chi connectivity index (χ4v) is 0.816. The molecule has 0 bridgehead atoms. The zero-order valence-electron chi connectivity index (χ0n) is 12.9. The Bertz CT molecular complexity index is 284. The van der Waals surface area contributed by atoms with Crippen LogP contribution in [0.1, 0.15) is 0 Å². The predicted octanol–water partition coefficient (Wildman–Crippen LogP) is 1.58. The average Bonchev–Trinajstić information content (AvgIpc) is 2.39. The Labute approximate surface area is 203 Å². The van der Waals surface area contributed by atoms with Crippen LogP contribution in [0.15, 0.2) is 0 Å². The van der Waals surface area contributed by atoms with Crippen molar-refractivity contribution in [3.63, 3.8) is 0 Å². The number of rotatable bonds is 4. The van der Waals surface area contributed by atoms with Gasteiger partial charge in [-0.15, -0.1) is 0 Å². The average molecular weight is 589 g/mol. The Kier molecular flexibility index (Phi) is 48.0. The second-order valence-corrected chi connectivity index (χ2v) is 6.00. The molecule has 0 saturated carbocycles. The maximum absolute atomic E-state index is 4.26. The van der Waals surface area contributed by atoms with Crippen molar-refractivity contribution in [3.8, 4) is 0 Å². The van der Waals surface area contributed by atoms with Crippen LogP contribution in [0.4, 0.5) is 0 Å². The van der Waals surface area contributed by atoms with Gasteiger partial charge in [0.25, 0.3) is 0 Å². The minimum atomic E-state index is -0.0162. The van der Waals surface area contributed by atoms with E-state index in [-0.39, 0.29) is 38.6 Å². The molecule has 0 N–H and O–H groups in total. The summed E-state index contributed by atoms with van der Waals surface area (Å²) >= 11 is 34.1. The summed E-state index contributed by atoms with van der Waals surface area (Å²) in [7, 11) is 5.38. The molecule has 0 aliphatic rings. The maximum atomic E-state index is 4.26. The molecule has 0 aliphatic heterocycles. The first kappa shape index (κ1) is 36.8. The third-order valence-electron chi connectivity index (χ3n) is 0.605. The van der Waals surface area contributed by atoms with E-state index in [1.165, 1.54) is 28.4 Å². The molecule has 0 heterocycles. The number of thiocarbonyl (C=S) groups is 4. The van der Waals surface area contributed by atoms with Crippen molar-refractivity contribution in [2.75, 3.05) is 28.4 Å². The van der Waals surface area contributed by atoms with Crippen molar-refractivity contribution in [2.45, 2.75) is 0 Å². The van der Waals surface area contributed by atoms with Gasteiger partial charge in [-0.2, -0.15) is 19.6 Å². The minimum Gasteiger partial charge on any atom is -0.387 e. The van der Waals surface area contributed by atoms with Crippen molar-refractivity contribution in [1.82, 2.24) is 0 Å². The van der Waals surface area contributed by atoms with E-state index in [0.29, 0.717) is 0 Å². The minimum absolute atomic E-state index is 0. The van der Waals surface area contributed by atoms with Crippen LogP contribution in [0.25, 0.3) is 0 Å². The molecular weight excluding hydrogens is 577 g/mol. The van der Waals surface area contributed by atoms with Crippen LogP contribution in [0.5, 0.6) is 0 Å². The molecule has 0 saturated heterocycles. The van der Waals surface area contributed by atoms with Crippen molar-refractivity contribution in [3.05, 3.63) is 0 Å². The summed E-state index contributed by atoms with van der Waals surface area (Å²) in [5.41, 5.74) is 0. The van der Waals surface area contributed by atoms with Crippen molar-refractivity contribution in [2.24, 2.45) is 0 Å². The molecule has 25 heavy (non-hydrogen) atoms. The van der Waals surface area contributed by atoms with E-state index in [1.54, 1.807) is 0 Å². The number of hydrogen-bond donors (Lipinski definition) is 0. The normalized spacial score (nSPS) is 7.20. The van der Waals surface area contributed by atoms with Crippen LogP contribution in [0.2, 0.25) is 0 Å². The van der Waals surface area contributed by atoms with Crippen LogP contribution < -0.4 is 0 Å². The van der Waals surface area contributed by atoms with E-state index < -0.39 is 0 Å². The smallest absolute Gasteiger partial charge is 0.387 e. The summed E-state index contributed by atoms with van der Waals surface area (Å²) < 4.78 is -0.0648. The molecule has 0 aromatic carbocycles. The van der Waals surface area contributed by atoms with Gasteiger partial charge in [0.2, 0.25) is 0 Å². The predicted molar refractivity (Wildman–Crippen MR) is 112 cm³/mol. The van der Waals surface area contributed by atoms with E-state index in [1.807, 2.05) is 0 Å². The quantitative estimate of drug-likeness (QED) is 0.157. The molecule has 146 valence electrons. The van der Waals surface area contributed by atoms with Crippen LogP contribution >= 0.6 is 48.9 Å². The molecule has 0 unspecified atom stereocenters. The Balaban J connectivity index is -0.0000000702. The van der Waals surface area contributed by atoms with Gasteiger partial charge < -0.3 is 119 Å². The van der Waals surface area contributed by atoms with E-state index in [0.717, 1.165) is 0 Å². The SMILES string of the molecule is COOC(=S)[S-].COOC(=S)[S-].COOC(=S)[S-].COOC(=S)[S-].[Mo+4]. The Morgan fingerprint density at radius 3 is 0.600 bits per heavy atom. The first-order valence-electron chi connectivity index (χ1n) is 4.75. The summed E-state index contributed by atoms with van der Waals surface area (Å²) in [5, 5.41) is 0. The Morgan fingerprint density at radius 1 is 0.480 bits per heavy atom. The maximum Gasteiger partial charge on any atom is 4.00 e. The van der Waals surface area contributed by atoms with E-state index in [4.69, 9.17) is 0 Å². The van der Waals surface area contributed by atoms with Gasteiger partial charge in [-0.25, -0.2) is 0 Å². The third-order valence-corrected chi connectivity index (χ3v) is 1.15. The Morgan fingerprint density at radius 2 is 0.600 bits per heavy atom. The Hall–Kier alpha value is 0.968. The second-order valence-electron chi connectivity index (χ2n) is 2.00. The van der Waals surface area contributed by atoms with Gasteiger partial charge >= 0.3 is 21.1 Å². The molecule has 0 amide bonds. The van der Waals surface area contributed by atoms with Gasteiger partial charge in [-0.05, 0) is 0 Å². The van der Waals surface area contributed by atoms with Crippen molar-refractivity contribution in [1.29, 1.82) is 0 Å². The first-order chi connectivity index (χ1) is 11.1. The van der Waals surface area contributed by atoms with Gasteiger partial charge in [0, 0.05) is 0 Å². The molecule has 0 spiro atoms. The molecule has 0 aromatic heterocycles. The van der Waals surface area contributed by atoms with E-state index >= 15 is 0 Å². The van der Waals surface area contributed by atoms with Crippen molar-refractivity contribution < 1.29 is 60.2 Å². The van der Waals surface area contributed by atoms with Crippen LogP contribution in [-0.4, -0.2) is 46.0 Å². The van der Waals surface area contributed by atoms with Gasteiger partial charge in [0.1, 0.15) is 0 Å². The van der Waals surface area contributed by atoms with Crippen LogP contribution in [0, 0.1) is 0 Å². The van der Waals surface area contributed by atoms with Gasteiger partial charge in [-0.1, -0.05) is 0 Å². The topological polar surface area (TPSA) is 73.8 Å². The second kappa shape index (κ2) is 32.6. The van der Waals surface area contributed by atoms with Gasteiger partial charge in [0.15, 0.2) is 0 Å². The zero-order chi connectivity index (χ0) is 20.0. The van der Waals surface area contributed by atoms with Gasteiger partial charge in [-0.3, -0.25) is 0 Å². The molecule has 17 heteroatoms. The third kappa shape index (κ3) is 78.3. The summed E-state index contributed by atoms with van der Waals surface area (Å²) in [6, 6.07) is 0. The largest absolute Gasteiger partial charge is 4.00 e. The fourth-order valence-electron chi connectivity index (χ4n) is 0.272. The fraction of sp³-hybridized carbons (Fsp3) is 0.500. The molecule has 0 fully saturated rings. The standard InChI is InChI=1S/4C2H4O2S2.Mo/c4*1-3-4-2(5)6;/h4*1H3,(H,5,6);/q;;;;+4/p-4. The molecule has 0 aliphatic carbocycles. The molecule has 0 rings (SSSR count). The van der Waals surface area contributed by atoms with Crippen LogP contribution in [0.3, 0.4) is 0 Å². The molecular formula is C8H12MoO8S8. The number of hydrogen-bond acceptors (Lipinski definition) is 16. The zero-order valence-corrected chi connectivity index (χ0v) is 21.5. The summed E-state index contributed by atoms with van der Waals surface area (Å²) in [4.78, 5) is 32.6. The molecule has 0 aromatic rings.